The van der Waals surface area contributed by atoms with Crippen molar-refractivity contribution in [3.05, 3.63) is 36.5 Å². The van der Waals surface area contributed by atoms with Gasteiger partial charge in [0.1, 0.15) is 12.4 Å². The van der Waals surface area contributed by atoms with E-state index in [1.54, 1.807) is 6.20 Å². The van der Waals surface area contributed by atoms with E-state index in [1.807, 2.05) is 30.3 Å². The quantitative estimate of drug-likeness (QED) is 0.850. The van der Waals surface area contributed by atoms with Crippen LogP contribution < -0.4 is 10.5 Å². The standard InChI is InChI=1S/C16H18N2O3/c1-20-15(19)16(17,12-5-6-12)10-21-13-7-4-11-3-2-8-18-14(11)9-13/h2-4,7-9,12H,5-6,10,17H2,1H3. The molecule has 2 aromatic rings. The van der Waals surface area contributed by atoms with Crippen molar-refractivity contribution in [1.82, 2.24) is 4.98 Å². The molecule has 0 radical (unpaired) electrons. The zero-order valence-electron chi connectivity index (χ0n) is 11.9. The molecular formula is C16H18N2O3. The van der Waals surface area contributed by atoms with Gasteiger partial charge in [0, 0.05) is 17.6 Å². The van der Waals surface area contributed by atoms with Gasteiger partial charge in [0.05, 0.1) is 12.6 Å². The van der Waals surface area contributed by atoms with Crippen LogP contribution in [0.25, 0.3) is 10.9 Å². The first-order valence-corrected chi connectivity index (χ1v) is 6.98. The minimum Gasteiger partial charge on any atom is -0.491 e. The maximum Gasteiger partial charge on any atom is 0.329 e. The third-order valence-corrected chi connectivity index (χ3v) is 3.93. The Morgan fingerprint density at radius 2 is 2.24 bits per heavy atom. The van der Waals surface area contributed by atoms with Crippen molar-refractivity contribution in [2.75, 3.05) is 13.7 Å². The molecule has 0 aliphatic heterocycles. The van der Waals surface area contributed by atoms with Crippen LogP contribution in [-0.4, -0.2) is 30.2 Å². The zero-order chi connectivity index (χ0) is 14.9. The summed E-state index contributed by atoms with van der Waals surface area (Å²) in [6, 6.07) is 9.51. The molecule has 0 bridgehead atoms. The summed E-state index contributed by atoms with van der Waals surface area (Å²) >= 11 is 0. The molecule has 1 atom stereocenters. The van der Waals surface area contributed by atoms with Crippen LogP contribution in [0.1, 0.15) is 12.8 Å². The first kappa shape index (κ1) is 13.8. The second kappa shape index (κ2) is 5.33. The van der Waals surface area contributed by atoms with Crippen molar-refractivity contribution in [2.24, 2.45) is 11.7 Å². The summed E-state index contributed by atoms with van der Waals surface area (Å²) in [6.45, 7) is 0.114. The van der Waals surface area contributed by atoms with E-state index in [0.717, 1.165) is 23.7 Å². The van der Waals surface area contributed by atoms with Gasteiger partial charge < -0.3 is 15.2 Å². The molecule has 110 valence electrons. The first-order valence-electron chi connectivity index (χ1n) is 6.98. The van der Waals surface area contributed by atoms with Gasteiger partial charge in [-0.2, -0.15) is 0 Å². The number of rotatable bonds is 5. The lowest BCUT2D eigenvalue weighted by molar-refractivity contribution is -0.149. The molecule has 3 rings (SSSR count). The largest absolute Gasteiger partial charge is 0.491 e. The highest BCUT2D eigenvalue weighted by Crippen LogP contribution is 2.39. The van der Waals surface area contributed by atoms with Gasteiger partial charge in [0.25, 0.3) is 0 Å². The molecule has 0 saturated heterocycles. The molecule has 1 saturated carbocycles. The maximum absolute atomic E-state index is 11.9. The van der Waals surface area contributed by atoms with Gasteiger partial charge in [-0.15, -0.1) is 0 Å². The number of pyridine rings is 1. The summed E-state index contributed by atoms with van der Waals surface area (Å²) in [6.07, 6.45) is 3.61. The summed E-state index contributed by atoms with van der Waals surface area (Å²) in [7, 11) is 1.35. The molecule has 1 unspecified atom stereocenters. The Balaban J connectivity index is 1.77. The van der Waals surface area contributed by atoms with Gasteiger partial charge >= 0.3 is 5.97 Å². The average Bonchev–Trinajstić information content (AvgIpc) is 3.36. The van der Waals surface area contributed by atoms with E-state index in [-0.39, 0.29) is 12.5 Å². The second-order valence-electron chi connectivity index (χ2n) is 5.45. The van der Waals surface area contributed by atoms with Gasteiger partial charge in [0.2, 0.25) is 0 Å². The van der Waals surface area contributed by atoms with Crippen LogP contribution in [0.15, 0.2) is 36.5 Å². The SMILES string of the molecule is COC(=O)C(N)(COc1ccc2cccnc2c1)C1CC1. The number of nitrogens with zero attached hydrogens (tertiary/aromatic N) is 1. The first-order chi connectivity index (χ1) is 10.1. The van der Waals surface area contributed by atoms with Crippen molar-refractivity contribution < 1.29 is 14.3 Å². The molecule has 1 heterocycles. The van der Waals surface area contributed by atoms with Crippen LogP contribution in [0.4, 0.5) is 0 Å². The predicted octanol–water partition coefficient (Wildman–Crippen LogP) is 1.89. The number of hydrogen-bond acceptors (Lipinski definition) is 5. The summed E-state index contributed by atoms with van der Waals surface area (Å²) in [5.74, 6) is 0.382. The predicted molar refractivity (Wildman–Crippen MR) is 78.9 cm³/mol. The fourth-order valence-corrected chi connectivity index (χ4v) is 2.47. The number of aromatic nitrogens is 1. The van der Waals surface area contributed by atoms with E-state index in [1.165, 1.54) is 7.11 Å². The highest BCUT2D eigenvalue weighted by Gasteiger charge is 2.49. The summed E-state index contributed by atoms with van der Waals surface area (Å²) in [5, 5.41) is 1.04. The van der Waals surface area contributed by atoms with Gasteiger partial charge in [0.15, 0.2) is 5.54 Å². The Labute approximate surface area is 123 Å². The molecule has 1 aliphatic carbocycles. The number of benzene rings is 1. The van der Waals surface area contributed by atoms with Gasteiger partial charge in [-0.3, -0.25) is 4.98 Å². The van der Waals surface area contributed by atoms with Crippen LogP contribution in [0.3, 0.4) is 0 Å². The highest BCUT2D eigenvalue weighted by molar-refractivity contribution is 5.82. The van der Waals surface area contributed by atoms with Crippen molar-refractivity contribution >= 4 is 16.9 Å². The molecule has 5 nitrogen and oxygen atoms in total. The highest BCUT2D eigenvalue weighted by atomic mass is 16.5. The maximum atomic E-state index is 11.9. The van der Waals surface area contributed by atoms with Crippen LogP contribution in [0.5, 0.6) is 5.75 Å². The fourth-order valence-electron chi connectivity index (χ4n) is 2.47. The second-order valence-corrected chi connectivity index (χ2v) is 5.45. The molecule has 1 fully saturated rings. The van der Waals surface area contributed by atoms with Crippen molar-refractivity contribution in [3.63, 3.8) is 0 Å². The fraction of sp³-hybridized carbons (Fsp3) is 0.375. The minimum absolute atomic E-state index is 0.114. The number of methoxy groups -OCH3 is 1. The van der Waals surface area contributed by atoms with Crippen LogP contribution in [0, 0.1) is 5.92 Å². The molecule has 0 amide bonds. The van der Waals surface area contributed by atoms with Gasteiger partial charge in [-0.05, 0) is 37.0 Å². The average molecular weight is 286 g/mol. The van der Waals surface area contributed by atoms with Crippen LogP contribution in [-0.2, 0) is 9.53 Å². The topological polar surface area (TPSA) is 74.4 Å². The summed E-state index contributed by atoms with van der Waals surface area (Å²) in [5.41, 5.74) is 5.99. The Morgan fingerprint density at radius 1 is 1.43 bits per heavy atom. The van der Waals surface area contributed by atoms with Crippen LogP contribution >= 0.6 is 0 Å². The van der Waals surface area contributed by atoms with E-state index in [0.29, 0.717) is 5.75 Å². The van der Waals surface area contributed by atoms with E-state index in [9.17, 15) is 4.79 Å². The summed E-state index contributed by atoms with van der Waals surface area (Å²) < 4.78 is 10.6. The van der Waals surface area contributed by atoms with E-state index >= 15 is 0 Å². The lowest BCUT2D eigenvalue weighted by Gasteiger charge is -2.26. The minimum atomic E-state index is -1.06. The number of ether oxygens (including phenoxy) is 2. The third-order valence-electron chi connectivity index (χ3n) is 3.93. The lowest BCUT2D eigenvalue weighted by atomic mass is 9.96. The smallest absolute Gasteiger partial charge is 0.329 e. The monoisotopic (exact) mass is 286 g/mol. The third kappa shape index (κ3) is 2.69. The molecule has 2 N–H and O–H groups in total. The van der Waals surface area contributed by atoms with Gasteiger partial charge in [-0.25, -0.2) is 4.79 Å². The molecule has 21 heavy (non-hydrogen) atoms. The number of hydrogen-bond donors (Lipinski definition) is 1. The zero-order valence-corrected chi connectivity index (χ0v) is 11.9. The number of fused-ring (bicyclic) bond motifs is 1. The number of nitrogens with two attached hydrogens (primary N) is 1. The molecule has 0 spiro atoms. The molecule has 1 aromatic carbocycles. The number of carbonyl (C=O) groups excluding carboxylic acids is 1. The number of esters is 1. The van der Waals surface area contributed by atoms with E-state index < -0.39 is 11.5 Å². The lowest BCUT2D eigenvalue weighted by Crippen LogP contribution is -2.55. The summed E-state index contributed by atoms with van der Waals surface area (Å²) in [4.78, 5) is 16.2. The van der Waals surface area contributed by atoms with Crippen molar-refractivity contribution in [3.8, 4) is 5.75 Å². The number of carbonyl (C=O) groups is 1. The molecular weight excluding hydrogens is 268 g/mol. The normalized spacial score (nSPS) is 17.2. The Bertz CT molecular complexity index is 669. The van der Waals surface area contributed by atoms with Crippen molar-refractivity contribution in [2.45, 2.75) is 18.4 Å². The van der Waals surface area contributed by atoms with E-state index in [2.05, 4.69) is 4.98 Å². The Morgan fingerprint density at radius 3 is 2.95 bits per heavy atom. The van der Waals surface area contributed by atoms with E-state index in [4.69, 9.17) is 15.2 Å². The Kier molecular flexibility index (Phi) is 3.51. The molecule has 1 aliphatic rings. The van der Waals surface area contributed by atoms with Gasteiger partial charge in [-0.1, -0.05) is 6.07 Å². The Hall–Kier alpha value is -2.14. The molecule has 1 aromatic heterocycles. The van der Waals surface area contributed by atoms with Crippen molar-refractivity contribution in [1.29, 1.82) is 0 Å². The van der Waals surface area contributed by atoms with Crippen LogP contribution in [0.2, 0.25) is 0 Å². The molecule has 5 heteroatoms.